The first kappa shape index (κ1) is 51.6. The summed E-state index contributed by atoms with van der Waals surface area (Å²) in [5, 5.41) is 14.9. The number of carbonyl (C=O) groups excluding carboxylic acids is 2. The Kier molecular flexibility index (Phi) is 18.3. The SMILES string of the molecule is CCCNc1nc(Nc2cccc(F)c2)ncc1C#Cc1cc(N)ccc1F.CCCNc1nc(Nc2cccc(F)c2)ncc1C#Cc1cc(NC(=O)[C@H](C)N(C)C(=O)OC(C)(C)C)ccc1F. The molecule has 18 heteroatoms. The van der Waals surface area contributed by atoms with Crippen LogP contribution in [-0.2, 0) is 9.53 Å². The zero-order chi connectivity index (χ0) is 50.1. The van der Waals surface area contributed by atoms with Crippen molar-refractivity contribution in [2.24, 2.45) is 0 Å². The van der Waals surface area contributed by atoms with Crippen molar-refractivity contribution in [3.63, 3.8) is 0 Å². The minimum absolute atomic E-state index is 0.0411. The van der Waals surface area contributed by atoms with Gasteiger partial charge in [0.1, 0.15) is 46.5 Å². The number of nitrogens with one attached hydrogen (secondary N) is 5. The van der Waals surface area contributed by atoms with Crippen molar-refractivity contribution in [2.45, 2.75) is 66.0 Å². The first-order valence-corrected chi connectivity index (χ1v) is 21.8. The molecule has 0 saturated heterocycles. The third kappa shape index (κ3) is 16.2. The highest BCUT2D eigenvalue weighted by atomic mass is 19.1. The van der Waals surface area contributed by atoms with Gasteiger partial charge in [-0.2, -0.15) is 9.97 Å². The van der Waals surface area contributed by atoms with Crippen LogP contribution in [0.4, 0.5) is 68.6 Å². The van der Waals surface area contributed by atoms with Gasteiger partial charge in [-0.1, -0.05) is 49.7 Å². The minimum atomic E-state index is -0.853. The van der Waals surface area contributed by atoms with Crippen molar-refractivity contribution in [3.05, 3.63) is 143 Å². The fourth-order valence-electron chi connectivity index (χ4n) is 5.74. The van der Waals surface area contributed by atoms with E-state index in [9.17, 15) is 27.2 Å². The van der Waals surface area contributed by atoms with Crippen LogP contribution in [0.2, 0.25) is 0 Å². The average Bonchev–Trinajstić information content (AvgIpc) is 3.30. The van der Waals surface area contributed by atoms with E-state index in [4.69, 9.17) is 10.5 Å². The Morgan fingerprint density at radius 3 is 1.64 bits per heavy atom. The molecule has 0 saturated carbocycles. The zero-order valence-electron chi connectivity index (χ0n) is 39.2. The second-order valence-electron chi connectivity index (χ2n) is 16.2. The molecular formula is C51H53F4N11O3. The van der Waals surface area contributed by atoms with E-state index in [0.29, 0.717) is 64.6 Å². The summed E-state index contributed by atoms with van der Waals surface area (Å²) in [6, 6.07) is 19.3. The highest BCUT2D eigenvalue weighted by Crippen LogP contribution is 2.22. The molecular weight excluding hydrogens is 891 g/mol. The van der Waals surface area contributed by atoms with Gasteiger partial charge >= 0.3 is 6.09 Å². The Bertz CT molecular complexity index is 2890. The van der Waals surface area contributed by atoms with E-state index < -0.39 is 41.1 Å². The van der Waals surface area contributed by atoms with Crippen molar-refractivity contribution >= 4 is 58.3 Å². The molecule has 7 N–H and O–H groups in total. The monoisotopic (exact) mass is 943 g/mol. The quantitative estimate of drug-likeness (QED) is 0.0367. The molecule has 6 aromatic rings. The molecule has 0 radical (unpaired) electrons. The second-order valence-corrected chi connectivity index (χ2v) is 16.2. The predicted octanol–water partition coefficient (Wildman–Crippen LogP) is 10.2. The largest absolute Gasteiger partial charge is 0.444 e. The van der Waals surface area contributed by atoms with E-state index in [1.165, 1.54) is 85.0 Å². The molecule has 0 aliphatic rings. The summed E-state index contributed by atoms with van der Waals surface area (Å²) >= 11 is 0. The highest BCUT2D eigenvalue weighted by Gasteiger charge is 2.27. The topological polar surface area (TPSA) is 184 Å². The lowest BCUT2D eigenvalue weighted by Gasteiger charge is -2.28. The number of hydrogen-bond acceptors (Lipinski definition) is 12. The zero-order valence-corrected chi connectivity index (χ0v) is 39.2. The van der Waals surface area contributed by atoms with Crippen LogP contribution in [0.15, 0.2) is 97.3 Å². The second kappa shape index (κ2) is 24.4. The number of benzene rings is 4. The number of aromatic nitrogens is 4. The Morgan fingerprint density at radius 2 is 1.16 bits per heavy atom. The summed E-state index contributed by atoms with van der Waals surface area (Å²) < 4.78 is 60.7. The average molecular weight is 944 g/mol. The number of likely N-dealkylation sites (N-methyl/N-ethyl adjacent to an activating group) is 1. The minimum Gasteiger partial charge on any atom is -0.444 e. The van der Waals surface area contributed by atoms with Crippen molar-refractivity contribution in [1.29, 1.82) is 0 Å². The summed E-state index contributed by atoms with van der Waals surface area (Å²) in [4.78, 5) is 43.6. The molecule has 2 amide bonds. The molecule has 2 aromatic heterocycles. The van der Waals surface area contributed by atoms with Crippen LogP contribution in [0.5, 0.6) is 0 Å². The number of ether oxygens (including phenoxy) is 1. The fraction of sp³-hybridized carbons (Fsp3) is 0.255. The maximum Gasteiger partial charge on any atom is 0.410 e. The summed E-state index contributed by atoms with van der Waals surface area (Å²) in [6.07, 6.45) is 4.08. The van der Waals surface area contributed by atoms with Gasteiger partial charge in [-0.3, -0.25) is 9.69 Å². The van der Waals surface area contributed by atoms with Crippen molar-refractivity contribution < 1.29 is 31.9 Å². The number of halogens is 4. The van der Waals surface area contributed by atoms with Crippen molar-refractivity contribution in [3.8, 4) is 23.7 Å². The first-order valence-electron chi connectivity index (χ1n) is 21.8. The van der Waals surface area contributed by atoms with E-state index in [1.807, 2.05) is 13.8 Å². The molecule has 0 bridgehead atoms. The van der Waals surface area contributed by atoms with Gasteiger partial charge in [-0.05, 0) is 113 Å². The molecule has 358 valence electrons. The maximum absolute atomic E-state index is 14.6. The number of hydrogen-bond donors (Lipinski definition) is 6. The molecule has 0 aliphatic carbocycles. The molecule has 0 aliphatic heterocycles. The Balaban J connectivity index is 0.000000276. The van der Waals surface area contributed by atoms with Gasteiger partial charge in [0.15, 0.2) is 0 Å². The number of amides is 2. The number of rotatable bonds is 13. The molecule has 4 aromatic carbocycles. The Labute approximate surface area is 398 Å². The third-order valence-electron chi connectivity index (χ3n) is 9.35. The molecule has 6 rings (SSSR count). The predicted molar refractivity (Wildman–Crippen MR) is 262 cm³/mol. The van der Waals surface area contributed by atoms with Crippen LogP contribution < -0.4 is 32.3 Å². The summed E-state index contributed by atoms with van der Waals surface area (Å²) in [5.41, 5.74) is 7.91. The van der Waals surface area contributed by atoms with Gasteiger partial charge < -0.3 is 37.1 Å². The molecule has 0 spiro atoms. The van der Waals surface area contributed by atoms with Gasteiger partial charge in [0.05, 0.1) is 34.6 Å². The van der Waals surface area contributed by atoms with Crippen LogP contribution >= 0.6 is 0 Å². The first-order chi connectivity index (χ1) is 32.9. The van der Waals surface area contributed by atoms with Gasteiger partial charge in [0.2, 0.25) is 17.8 Å². The molecule has 0 unspecified atom stereocenters. The molecule has 1 atom stereocenters. The van der Waals surface area contributed by atoms with Crippen LogP contribution in [0.25, 0.3) is 0 Å². The van der Waals surface area contributed by atoms with Crippen LogP contribution in [0.3, 0.4) is 0 Å². The summed E-state index contributed by atoms with van der Waals surface area (Å²) in [7, 11) is 1.46. The van der Waals surface area contributed by atoms with Crippen LogP contribution in [-0.4, -0.2) is 68.6 Å². The number of carbonyl (C=O) groups is 2. The van der Waals surface area contributed by atoms with E-state index in [2.05, 4.69) is 70.2 Å². The lowest BCUT2D eigenvalue weighted by molar-refractivity contribution is -0.120. The fourth-order valence-corrected chi connectivity index (χ4v) is 5.74. The van der Waals surface area contributed by atoms with Crippen molar-refractivity contribution in [2.75, 3.05) is 52.5 Å². The Hall–Kier alpha value is -8.38. The normalized spacial score (nSPS) is 10.9. The molecule has 69 heavy (non-hydrogen) atoms. The van der Waals surface area contributed by atoms with E-state index >= 15 is 0 Å². The van der Waals surface area contributed by atoms with Crippen LogP contribution in [0.1, 0.15) is 76.6 Å². The summed E-state index contributed by atoms with van der Waals surface area (Å²) in [6.45, 7) is 12.1. The van der Waals surface area contributed by atoms with Gasteiger partial charge in [0, 0.05) is 42.9 Å². The lowest BCUT2D eigenvalue weighted by atomic mass is 10.1. The third-order valence-corrected chi connectivity index (χ3v) is 9.35. The summed E-state index contributed by atoms with van der Waals surface area (Å²) in [5.74, 6) is 10.5. The number of nitrogen functional groups attached to an aromatic ring is 1. The van der Waals surface area contributed by atoms with E-state index in [1.54, 1.807) is 52.0 Å². The number of anilines is 8. The van der Waals surface area contributed by atoms with Gasteiger partial charge in [0.25, 0.3) is 0 Å². The molecule has 0 fully saturated rings. The number of nitrogens with zero attached hydrogens (tertiary/aromatic N) is 5. The number of nitrogens with two attached hydrogens (primary N) is 1. The van der Waals surface area contributed by atoms with Gasteiger partial charge in [-0.25, -0.2) is 32.3 Å². The van der Waals surface area contributed by atoms with Gasteiger partial charge in [-0.15, -0.1) is 0 Å². The molecule has 14 nitrogen and oxygen atoms in total. The molecule has 2 heterocycles. The van der Waals surface area contributed by atoms with Crippen molar-refractivity contribution in [1.82, 2.24) is 24.8 Å². The standard InChI is InChI=1S/C30H34F2N6O3.C21H19F2N5/c1-7-15-33-26-21(18-34-28(37-26)36-23-10-8-9-22(31)17-23)12-11-20-16-24(13-14-25(20)32)35-27(39)19(2)38(6)29(40)41-30(3,4)5;1-2-10-25-20-15(7-6-14-11-17(24)8-9-19(14)23)13-26-21(28-20)27-18-5-3-4-16(22)12-18/h8-10,13-14,16-19H,7,15H2,1-6H3,(H,35,39)(H2,33,34,36,37);3-5,8-9,11-13H,2,10,24H2,1H3,(H2,25,26,27,28)/t19-;/m0./s1. The van der Waals surface area contributed by atoms with E-state index in [-0.39, 0.29) is 22.9 Å². The van der Waals surface area contributed by atoms with Crippen LogP contribution in [0, 0.1) is 47.0 Å². The maximum atomic E-state index is 14.6. The van der Waals surface area contributed by atoms with E-state index in [0.717, 1.165) is 12.8 Å². The smallest absolute Gasteiger partial charge is 0.410 e. The lowest BCUT2D eigenvalue weighted by Crippen LogP contribution is -2.45. The Morgan fingerprint density at radius 1 is 0.681 bits per heavy atom. The highest BCUT2D eigenvalue weighted by molar-refractivity contribution is 5.96.